The molecule has 2 rings (SSSR count). The van der Waals surface area contributed by atoms with Gasteiger partial charge in [0, 0.05) is 6.20 Å². The van der Waals surface area contributed by atoms with Crippen molar-refractivity contribution in [1.82, 2.24) is 9.97 Å². The maximum absolute atomic E-state index is 5.59. The van der Waals surface area contributed by atoms with Crippen LogP contribution in [0.1, 0.15) is 44.4 Å². The second kappa shape index (κ2) is 2.94. The molecule has 0 amide bonds. The Balaban J connectivity index is 2.45. The van der Waals surface area contributed by atoms with E-state index in [1.807, 2.05) is 6.20 Å². The number of nitrogen functional groups attached to an aromatic ring is 1. The lowest BCUT2D eigenvalue weighted by Crippen LogP contribution is -2.26. The number of fused-ring (bicyclic) bond motifs is 1. The first-order valence-electron chi connectivity index (χ1n) is 5.09. The minimum Gasteiger partial charge on any atom is -0.368 e. The lowest BCUT2D eigenvalue weighted by molar-refractivity contribution is 0.284. The van der Waals surface area contributed by atoms with Crippen LogP contribution in [0.2, 0.25) is 0 Å². The zero-order chi connectivity index (χ0) is 10.3. The Labute approximate surface area is 84.8 Å². The monoisotopic (exact) mass is 191 g/mol. The molecule has 1 aromatic rings. The van der Waals surface area contributed by atoms with Gasteiger partial charge in [0.15, 0.2) is 0 Å². The molecule has 1 aromatic heterocycles. The smallest absolute Gasteiger partial charge is 0.220 e. The molecule has 0 fully saturated rings. The zero-order valence-corrected chi connectivity index (χ0v) is 9.04. The van der Waals surface area contributed by atoms with Crippen molar-refractivity contribution in [1.29, 1.82) is 0 Å². The number of hydrogen-bond donors (Lipinski definition) is 1. The van der Waals surface area contributed by atoms with E-state index in [-0.39, 0.29) is 0 Å². The molecule has 0 saturated heterocycles. The van der Waals surface area contributed by atoms with Crippen molar-refractivity contribution >= 4 is 5.95 Å². The Morgan fingerprint density at radius 3 is 2.93 bits per heavy atom. The molecule has 0 radical (unpaired) electrons. The van der Waals surface area contributed by atoms with Crippen LogP contribution in [0.3, 0.4) is 0 Å². The Morgan fingerprint density at radius 2 is 2.21 bits per heavy atom. The summed E-state index contributed by atoms with van der Waals surface area (Å²) in [6, 6.07) is 0. The van der Waals surface area contributed by atoms with Gasteiger partial charge in [-0.25, -0.2) is 9.97 Å². The molecular weight excluding hydrogens is 174 g/mol. The van der Waals surface area contributed by atoms with Crippen LogP contribution in [0.5, 0.6) is 0 Å². The van der Waals surface area contributed by atoms with E-state index < -0.39 is 0 Å². The van der Waals surface area contributed by atoms with E-state index in [9.17, 15) is 0 Å². The van der Waals surface area contributed by atoms with Crippen LogP contribution in [0, 0.1) is 5.41 Å². The highest BCUT2D eigenvalue weighted by atomic mass is 15.0. The van der Waals surface area contributed by atoms with Crippen LogP contribution in [-0.4, -0.2) is 9.97 Å². The summed E-state index contributed by atoms with van der Waals surface area (Å²) in [6.45, 7) is 6.80. The average molecular weight is 191 g/mol. The number of nitrogens with zero attached hydrogens (tertiary/aromatic N) is 2. The number of anilines is 1. The predicted octanol–water partition coefficient (Wildman–Crippen LogP) is 2.13. The number of rotatable bonds is 0. The van der Waals surface area contributed by atoms with Crippen LogP contribution in [-0.2, 0) is 6.42 Å². The summed E-state index contributed by atoms with van der Waals surface area (Å²) in [5, 5.41) is 0. The lowest BCUT2D eigenvalue weighted by atomic mass is 9.72. The van der Waals surface area contributed by atoms with E-state index in [1.54, 1.807) is 0 Å². The van der Waals surface area contributed by atoms with Gasteiger partial charge in [-0.1, -0.05) is 20.8 Å². The fraction of sp³-hybridized carbons (Fsp3) is 0.636. The molecule has 1 aliphatic carbocycles. The molecule has 0 aromatic carbocycles. The first kappa shape index (κ1) is 9.44. The summed E-state index contributed by atoms with van der Waals surface area (Å²) >= 11 is 0. The van der Waals surface area contributed by atoms with E-state index in [1.165, 1.54) is 12.0 Å². The fourth-order valence-electron chi connectivity index (χ4n) is 2.51. The topological polar surface area (TPSA) is 51.8 Å². The van der Waals surface area contributed by atoms with Gasteiger partial charge in [0.2, 0.25) is 5.95 Å². The molecule has 14 heavy (non-hydrogen) atoms. The van der Waals surface area contributed by atoms with Gasteiger partial charge in [0.25, 0.3) is 0 Å². The van der Waals surface area contributed by atoms with Gasteiger partial charge in [0.1, 0.15) is 0 Å². The first-order valence-corrected chi connectivity index (χ1v) is 5.09. The summed E-state index contributed by atoms with van der Waals surface area (Å²) in [4.78, 5) is 8.39. The minimum absolute atomic E-state index is 0.367. The van der Waals surface area contributed by atoms with Gasteiger partial charge in [-0.3, -0.25) is 0 Å². The van der Waals surface area contributed by atoms with Crippen LogP contribution in [0.25, 0.3) is 0 Å². The fourth-order valence-corrected chi connectivity index (χ4v) is 2.51. The van der Waals surface area contributed by atoms with E-state index in [4.69, 9.17) is 5.73 Å². The van der Waals surface area contributed by atoms with Crippen molar-refractivity contribution in [2.24, 2.45) is 5.41 Å². The Morgan fingerprint density at radius 1 is 1.50 bits per heavy atom. The quantitative estimate of drug-likeness (QED) is 0.683. The zero-order valence-electron chi connectivity index (χ0n) is 9.04. The van der Waals surface area contributed by atoms with Crippen molar-refractivity contribution in [3.63, 3.8) is 0 Å². The van der Waals surface area contributed by atoms with Crippen molar-refractivity contribution < 1.29 is 0 Å². The van der Waals surface area contributed by atoms with E-state index >= 15 is 0 Å². The molecule has 0 spiro atoms. The van der Waals surface area contributed by atoms with Crippen molar-refractivity contribution in [3.05, 3.63) is 17.5 Å². The summed E-state index contributed by atoms with van der Waals surface area (Å²) in [6.07, 6.45) is 4.12. The maximum Gasteiger partial charge on any atom is 0.220 e. The molecule has 0 saturated carbocycles. The summed E-state index contributed by atoms with van der Waals surface area (Å²) in [7, 11) is 0. The van der Waals surface area contributed by atoms with Crippen molar-refractivity contribution in [3.8, 4) is 0 Å². The number of nitrogens with two attached hydrogens (primary N) is 1. The van der Waals surface area contributed by atoms with Gasteiger partial charge >= 0.3 is 0 Å². The van der Waals surface area contributed by atoms with E-state index in [0.29, 0.717) is 17.3 Å². The Kier molecular flexibility index (Phi) is 1.98. The number of aromatic nitrogens is 2. The molecule has 1 aliphatic rings. The molecule has 3 nitrogen and oxygen atoms in total. The molecule has 1 heterocycles. The van der Waals surface area contributed by atoms with Crippen LogP contribution < -0.4 is 5.73 Å². The van der Waals surface area contributed by atoms with Gasteiger partial charge in [-0.05, 0) is 29.7 Å². The Hall–Kier alpha value is -1.12. The normalized spacial score (nSPS) is 24.4. The van der Waals surface area contributed by atoms with Crippen LogP contribution in [0.15, 0.2) is 6.20 Å². The largest absolute Gasteiger partial charge is 0.368 e. The standard InChI is InChI=1S/C11H17N3/c1-7-4-11(2,3)5-8-6-13-10(12)14-9(7)8/h6-7H,4-5H2,1-3H3,(H2,12,13,14). The lowest BCUT2D eigenvalue weighted by Gasteiger charge is -2.34. The SMILES string of the molecule is CC1CC(C)(C)Cc2cnc(N)nc21. The highest BCUT2D eigenvalue weighted by Gasteiger charge is 2.31. The van der Waals surface area contributed by atoms with Crippen LogP contribution >= 0.6 is 0 Å². The molecule has 0 aliphatic heterocycles. The molecular formula is C11H17N3. The summed E-state index contributed by atoms with van der Waals surface area (Å²) in [5.74, 6) is 0.898. The molecule has 1 atom stereocenters. The third-order valence-electron chi connectivity index (χ3n) is 2.91. The Bertz CT molecular complexity index is 358. The number of hydrogen-bond acceptors (Lipinski definition) is 3. The minimum atomic E-state index is 0.367. The van der Waals surface area contributed by atoms with Gasteiger partial charge in [0.05, 0.1) is 5.69 Å². The summed E-state index contributed by atoms with van der Waals surface area (Å²) in [5.41, 5.74) is 8.37. The third-order valence-corrected chi connectivity index (χ3v) is 2.91. The highest BCUT2D eigenvalue weighted by Crippen LogP contribution is 2.40. The molecule has 1 unspecified atom stereocenters. The average Bonchev–Trinajstić information content (AvgIpc) is 2.05. The van der Waals surface area contributed by atoms with Crippen LogP contribution in [0.4, 0.5) is 5.95 Å². The summed E-state index contributed by atoms with van der Waals surface area (Å²) < 4.78 is 0. The maximum atomic E-state index is 5.59. The second-order valence-corrected chi connectivity index (χ2v) is 5.08. The predicted molar refractivity (Wildman–Crippen MR) is 57.0 cm³/mol. The third kappa shape index (κ3) is 1.59. The van der Waals surface area contributed by atoms with E-state index in [2.05, 4.69) is 30.7 Å². The van der Waals surface area contributed by atoms with Gasteiger partial charge in [-0.15, -0.1) is 0 Å². The van der Waals surface area contributed by atoms with Gasteiger partial charge < -0.3 is 5.73 Å². The molecule has 2 N–H and O–H groups in total. The molecule has 76 valence electrons. The van der Waals surface area contributed by atoms with Crippen molar-refractivity contribution in [2.45, 2.75) is 39.5 Å². The second-order valence-electron chi connectivity index (χ2n) is 5.08. The molecule has 0 bridgehead atoms. The first-order chi connectivity index (χ1) is 6.48. The molecule has 3 heteroatoms. The van der Waals surface area contributed by atoms with Gasteiger partial charge in [-0.2, -0.15) is 0 Å². The van der Waals surface area contributed by atoms with E-state index in [0.717, 1.165) is 12.1 Å². The highest BCUT2D eigenvalue weighted by molar-refractivity contribution is 5.30. The van der Waals surface area contributed by atoms with Crippen molar-refractivity contribution in [2.75, 3.05) is 5.73 Å².